The zero-order valence-electron chi connectivity index (χ0n) is 9.27. The average molecular weight is 210 g/mol. The fourth-order valence-electron chi connectivity index (χ4n) is 1.62. The third-order valence-corrected chi connectivity index (χ3v) is 2.46. The molecule has 2 nitrogen and oxygen atoms in total. The van der Waals surface area contributed by atoms with Crippen LogP contribution in [0.1, 0.15) is 11.3 Å². The molecule has 0 saturated heterocycles. The molecule has 2 N–H and O–H groups in total. The molecule has 0 amide bonds. The van der Waals surface area contributed by atoms with Crippen molar-refractivity contribution in [3.8, 4) is 11.1 Å². The number of nitrogens with zero attached hydrogens (tertiary/aromatic N) is 1. The van der Waals surface area contributed by atoms with E-state index in [0.29, 0.717) is 5.70 Å². The zero-order valence-corrected chi connectivity index (χ0v) is 9.27. The topological polar surface area (TPSA) is 38.9 Å². The van der Waals surface area contributed by atoms with Crippen molar-refractivity contribution in [2.24, 2.45) is 5.73 Å². The molecular formula is C14H14N2. The standard InChI is InChI=1S/C14H14N2/c1-10-8-14(6-7-16-10)13-5-3-4-12(9-13)11(2)15/h3-9H,2,15H2,1H3. The molecule has 16 heavy (non-hydrogen) atoms. The van der Waals surface area contributed by atoms with Gasteiger partial charge in [0.1, 0.15) is 0 Å². The van der Waals surface area contributed by atoms with Gasteiger partial charge < -0.3 is 5.73 Å². The maximum atomic E-state index is 5.68. The van der Waals surface area contributed by atoms with Crippen molar-refractivity contribution >= 4 is 5.70 Å². The minimum absolute atomic E-state index is 0.590. The summed E-state index contributed by atoms with van der Waals surface area (Å²) in [4.78, 5) is 4.18. The zero-order chi connectivity index (χ0) is 11.5. The van der Waals surface area contributed by atoms with Gasteiger partial charge >= 0.3 is 0 Å². The summed E-state index contributed by atoms with van der Waals surface area (Å²) in [6, 6.07) is 12.1. The Morgan fingerprint density at radius 1 is 1.19 bits per heavy atom. The maximum Gasteiger partial charge on any atom is 0.0378 e. The SMILES string of the molecule is C=C(N)c1cccc(-c2ccnc(C)c2)c1. The van der Waals surface area contributed by atoms with Crippen molar-refractivity contribution < 1.29 is 0 Å². The molecule has 2 aromatic rings. The largest absolute Gasteiger partial charge is 0.399 e. The monoisotopic (exact) mass is 210 g/mol. The van der Waals surface area contributed by atoms with Crippen LogP contribution in [0.3, 0.4) is 0 Å². The van der Waals surface area contributed by atoms with Crippen LogP contribution in [0.2, 0.25) is 0 Å². The maximum absolute atomic E-state index is 5.68. The Hall–Kier alpha value is -2.09. The van der Waals surface area contributed by atoms with E-state index >= 15 is 0 Å². The molecule has 1 aromatic carbocycles. The first-order chi connectivity index (χ1) is 7.66. The third kappa shape index (κ3) is 2.11. The normalized spacial score (nSPS) is 10.1. The first-order valence-corrected chi connectivity index (χ1v) is 5.14. The molecule has 0 spiro atoms. The first-order valence-electron chi connectivity index (χ1n) is 5.14. The molecule has 0 saturated carbocycles. The summed E-state index contributed by atoms with van der Waals surface area (Å²) in [5.41, 5.74) is 10.5. The summed E-state index contributed by atoms with van der Waals surface area (Å²) in [5.74, 6) is 0. The lowest BCUT2D eigenvalue weighted by atomic mass is 10.0. The van der Waals surface area contributed by atoms with Gasteiger partial charge in [-0.25, -0.2) is 0 Å². The van der Waals surface area contributed by atoms with Crippen LogP contribution in [0.4, 0.5) is 0 Å². The predicted octanol–water partition coefficient (Wildman–Crippen LogP) is 2.99. The van der Waals surface area contributed by atoms with Gasteiger partial charge in [-0.3, -0.25) is 4.98 Å². The van der Waals surface area contributed by atoms with E-state index in [0.717, 1.165) is 22.4 Å². The Morgan fingerprint density at radius 3 is 2.62 bits per heavy atom. The van der Waals surface area contributed by atoms with Crippen molar-refractivity contribution in [3.05, 3.63) is 60.4 Å². The van der Waals surface area contributed by atoms with Gasteiger partial charge in [-0.15, -0.1) is 0 Å². The minimum atomic E-state index is 0.590. The second-order valence-corrected chi connectivity index (χ2v) is 3.79. The van der Waals surface area contributed by atoms with Crippen molar-refractivity contribution in [3.63, 3.8) is 0 Å². The van der Waals surface area contributed by atoms with Crippen LogP contribution in [0, 0.1) is 6.92 Å². The average Bonchev–Trinajstić information content (AvgIpc) is 2.29. The molecule has 0 atom stereocenters. The van der Waals surface area contributed by atoms with Crippen molar-refractivity contribution in [2.45, 2.75) is 6.92 Å². The number of aromatic nitrogens is 1. The van der Waals surface area contributed by atoms with E-state index in [1.54, 1.807) is 0 Å². The molecule has 0 aliphatic carbocycles. The van der Waals surface area contributed by atoms with Crippen LogP contribution in [0.5, 0.6) is 0 Å². The van der Waals surface area contributed by atoms with Gasteiger partial charge in [0.15, 0.2) is 0 Å². The predicted molar refractivity (Wildman–Crippen MR) is 67.6 cm³/mol. The number of pyridine rings is 1. The van der Waals surface area contributed by atoms with E-state index in [2.05, 4.69) is 23.7 Å². The molecule has 0 bridgehead atoms. The lowest BCUT2D eigenvalue weighted by molar-refractivity contribution is 1.20. The number of benzene rings is 1. The number of hydrogen-bond donors (Lipinski definition) is 1. The second kappa shape index (κ2) is 4.19. The van der Waals surface area contributed by atoms with Crippen LogP contribution < -0.4 is 5.73 Å². The summed E-state index contributed by atoms with van der Waals surface area (Å²) in [6.07, 6.45) is 1.81. The van der Waals surface area contributed by atoms with Gasteiger partial charge in [-0.05, 0) is 41.8 Å². The van der Waals surface area contributed by atoms with Gasteiger partial charge in [0.25, 0.3) is 0 Å². The van der Waals surface area contributed by atoms with Gasteiger partial charge in [-0.1, -0.05) is 24.8 Å². The van der Waals surface area contributed by atoms with Crippen LogP contribution in [0.25, 0.3) is 16.8 Å². The number of rotatable bonds is 2. The van der Waals surface area contributed by atoms with E-state index in [1.807, 2.05) is 37.4 Å². The minimum Gasteiger partial charge on any atom is -0.399 e. The smallest absolute Gasteiger partial charge is 0.0378 e. The fraction of sp³-hybridized carbons (Fsp3) is 0.0714. The van der Waals surface area contributed by atoms with E-state index in [9.17, 15) is 0 Å². The lowest BCUT2D eigenvalue weighted by Gasteiger charge is -2.05. The summed E-state index contributed by atoms with van der Waals surface area (Å²) in [6.45, 7) is 5.72. The molecule has 1 aromatic heterocycles. The van der Waals surface area contributed by atoms with E-state index in [1.165, 1.54) is 0 Å². The number of hydrogen-bond acceptors (Lipinski definition) is 2. The van der Waals surface area contributed by atoms with Crippen molar-refractivity contribution in [1.29, 1.82) is 0 Å². The molecule has 0 aliphatic rings. The highest BCUT2D eigenvalue weighted by molar-refractivity contribution is 5.70. The van der Waals surface area contributed by atoms with Gasteiger partial charge in [0.2, 0.25) is 0 Å². The Kier molecular flexibility index (Phi) is 2.73. The summed E-state index contributed by atoms with van der Waals surface area (Å²) in [7, 11) is 0. The van der Waals surface area contributed by atoms with Crippen LogP contribution in [-0.4, -0.2) is 4.98 Å². The van der Waals surface area contributed by atoms with Crippen molar-refractivity contribution in [1.82, 2.24) is 4.98 Å². The van der Waals surface area contributed by atoms with E-state index < -0.39 is 0 Å². The highest BCUT2D eigenvalue weighted by atomic mass is 14.6. The van der Waals surface area contributed by atoms with Gasteiger partial charge in [0.05, 0.1) is 0 Å². The Bertz CT molecular complexity index is 530. The summed E-state index contributed by atoms with van der Waals surface area (Å²) in [5, 5.41) is 0. The molecule has 0 fully saturated rings. The van der Waals surface area contributed by atoms with E-state index in [-0.39, 0.29) is 0 Å². The van der Waals surface area contributed by atoms with Crippen LogP contribution >= 0.6 is 0 Å². The third-order valence-electron chi connectivity index (χ3n) is 2.46. The van der Waals surface area contributed by atoms with Crippen LogP contribution in [0.15, 0.2) is 49.2 Å². The van der Waals surface area contributed by atoms with Gasteiger partial charge in [0, 0.05) is 17.6 Å². The first kappa shape index (κ1) is 10.4. The fourth-order valence-corrected chi connectivity index (χ4v) is 1.62. The molecule has 2 heteroatoms. The molecule has 80 valence electrons. The quantitative estimate of drug-likeness (QED) is 0.827. The molecule has 0 radical (unpaired) electrons. The molecule has 0 aliphatic heterocycles. The highest BCUT2D eigenvalue weighted by Crippen LogP contribution is 2.21. The molecule has 2 rings (SSSR count). The van der Waals surface area contributed by atoms with Gasteiger partial charge in [-0.2, -0.15) is 0 Å². The highest BCUT2D eigenvalue weighted by Gasteiger charge is 2.00. The van der Waals surface area contributed by atoms with E-state index in [4.69, 9.17) is 5.73 Å². The number of nitrogens with two attached hydrogens (primary N) is 1. The summed E-state index contributed by atoms with van der Waals surface area (Å²) >= 11 is 0. The Labute approximate surface area is 95.5 Å². The summed E-state index contributed by atoms with van der Waals surface area (Å²) < 4.78 is 0. The molecule has 0 unspecified atom stereocenters. The Balaban J connectivity index is 2.48. The van der Waals surface area contributed by atoms with Crippen molar-refractivity contribution in [2.75, 3.05) is 0 Å². The molecular weight excluding hydrogens is 196 g/mol. The molecule has 1 heterocycles. The lowest BCUT2D eigenvalue weighted by Crippen LogP contribution is -1.93. The van der Waals surface area contributed by atoms with Crippen LogP contribution in [-0.2, 0) is 0 Å². The second-order valence-electron chi connectivity index (χ2n) is 3.79. The number of aryl methyl sites for hydroxylation is 1. The Morgan fingerprint density at radius 2 is 1.94 bits per heavy atom.